The van der Waals surface area contributed by atoms with E-state index in [2.05, 4.69) is 22.4 Å². The van der Waals surface area contributed by atoms with E-state index in [0.29, 0.717) is 10.8 Å². The Hall–Kier alpha value is -1.52. The molecule has 0 spiro atoms. The normalized spacial score (nSPS) is 11.9. The molecule has 1 atom stereocenters. The minimum absolute atomic E-state index is 0.0549. The third kappa shape index (κ3) is 4.54. The van der Waals surface area contributed by atoms with Crippen LogP contribution < -0.4 is 5.32 Å². The van der Waals surface area contributed by atoms with Gasteiger partial charge < -0.3 is 5.32 Å². The van der Waals surface area contributed by atoms with Crippen LogP contribution in [0.1, 0.15) is 12.5 Å². The Bertz CT molecular complexity index is 560. The summed E-state index contributed by atoms with van der Waals surface area (Å²) in [5, 5.41) is 3.18. The zero-order valence-electron chi connectivity index (χ0n) is 11.0. The lowest BCUT2D eigenvalue weighted by Crippen LogP contribution is -2.23. The second kappa shape index (κ2) is 7.31. The van der Waals surface area contributed by atoms with E-state index in [1.807, 2.05) is 25.1 Å². The quantitative estimate of drug-likeness (QED) is 0.908. The first kappa shape index (κ1) is 14.9. The summed E-state index contributed by atoms with van der Waals surface area (Å²) in [4.78, 5) is 16.1. The predicted molar refractivity (Wildman–Crippen MR) is 85.1 cm³/mol. The van der Waals surface area contributed by atoms with E-state index in [1.54, 1.807) is 23.9 Å². The van der Waals surface area contributed by atoms with Crippen molar-refractivity contribution in [1.29, 1.82) is 0 Å². The molecule has 1 aromatic carbocycles. The Balaban J connectivity index is 1.84. The Morgan fingerprint density at radius 3 is 2.70 bits per heavy atom. The molecule has 5 heteroatoms. The van der Waals surface area contributed by atoms with E-state index in [4.69, 9.17) is 11.6 Å². The number of benzene rings is 1. The van der Waals surface area contributed by atoms with Gasteiger partial charge in [-0.05, 0) is 24.6 Å². The number of nitrogens with zero attached hydrogens (tertiary/aromatic N) is 1. The second-order valence-corrected chi connectivity index (χ2v) is 6.06. The Morgan fingerprint density at radius 1 is 1.30 bits per heavy atom. The molecule has 1 aromatic heterocycles. The molecule has 1 heterocycles. The van der Waals surface area contributed by atoms with Gasteiger partial charge in [0.2, 0.25) is 5.91 Å². The maximum atomic E-state index is 12.0. The lowest BCUT2D eigenvalue weighted by molar-refractivity contribution is -0.115. The lowest BCUT2D eigenvalue weighted by atomic mass is 10.2. The molecule has 0 aliphatic carbocycles. The minimum atomic E-state index is -0.146. The molecule has 2 rings (SSSR count). The first-order chi connectivity index (χ1) is 9.65. The first-order valence-corrected chi connectivity index (χ1v) is 7.66. The van der Waals surface area contributed by atoms with E-state index in [1.165, 1.54) is 11.8 Å². The molecular weight excluding hydrogens is 292 g/mol. The molecule has 1 N–H and O–H groups in total. The van der Waals surface area contributed by atoms with Crippen LogP contribution >= 0.6 is 23.4 Å². The fourth-order valence-corrected chi connectivity index (χ4v) is 2.51. The Kier molecular flexibility index (Phi) is 5.44. The van der Waals surface area contributed by atoms with E-state index >= 15 is 0 Å². The van der Waals surface area contributed by atoms with Crippen molar-refractivity contribution >= 4 is 35.1 Å². The molecule has 0 aliphatic rings. The summed E-state index contributed by atoms with van der Waals surface area (Å²) < 4.78 is 0. The van der Waals surface area contributed by atoms with Gasteiger partial charge in [0, 0.05) is 11.9 Å². The van der Waals surface area contributed by atoms with Crippen molar-refractivity contribution in [1.82, 2.24) is 4.98 Å². The molecule has 104 valence electrons. The van der Waals surface area contributed by atoms with Crippen LogP contribution in [-0.4, -0.2) is 16.1 Å². The Morgan fingerprint density at radius 2 is 2.05 bits per heavy atom. The molecule has 20 heavy (non-hydrogen) atoms. The summed E-state index contributed by atoms with van der Waals surface area (Å²) in [7, 11) is 0. The van der Waals surface area contributed by atoms with Gasteiger partial charge in [0.25, 0.3) is 0 Å². The van der Waals surface area contributed by atoms with Gasteiger partial charge in [0.05, 0.1) is 10.3 Å². The summed E-state index contributed by atoms with van der Waals surface area (Å²) in [6.45, 7) is 1.89. The molecule has 1 amide bonds. The van der Waals surface area contributed by atoms with Crippen molar-refractivity contribution in [2.45, 2.75) is 17.9 Å². The minimum Gasteiger partial charge on any atom is -0.310 e. The largest absolute Gasteiger partial charge is 0.310 e. The first-order valence-electron chi connectivity index (χ1n) is 6.23. The third-order valence-electron chi connectivity index (χ3n) is 2.69. The Labute approximate surface area is 127 Å². The molecule has 1 unspecified atom stereocenters. The predicted octanol–water partition coefficient (Wildman–Crippen LogP) is 4.00. The van der Waals surface area contributed by atoms with Crippen LogP contribution in [0.4, 0.5) is 5.82 Å². The van der Waals surface area contributed by atoms with Crippen molar-refractivity contribution in [3.63, 3.8) is 0 Å². The van der Waals surface area contributed by atoms with Gasteiger partial charge in [-0.15, -0.1) is 11.8 Å². The molecule has 3 nitrogen and oxygen atoms in total. The summed E-state index contributed by atoms with van der Waals surface area (Å²) in [5.74, 6) is 1.27. The van der Waals surface area contributed by atoms with Gasteiger partial charge in [0.15, 0.2) is 0 Å². The highest BCUT2D eigenvalue weighted by atomic mass is 35.5. The second-order valence-electron chi connectivity index (χ2n) is 4.29. The number of carbonyl (C=O) groups is 1. The zero-order chi connectivity index (χ0) is 14.4. The number of carbonyl (C=O) groups excluding carboxylic acids is 1. The molecule has 0 bridgehead atoms. The number of anilines is 1. The topological polar surface area (TPSA) is 42.0 Å². The van der Waals surface area contributed by atoms with Crippen LogP contribution in [-0.2, 0) is 10.5 Å². The number of hydrogen-bond acceptors (Lipinski definition) is 3. The number of thioether (sulfide) groups is 1. The number of halogens is 1. The number of amides is 1. The molecule has 0 radical (unpaired) electrons. The van der Waals surface area contributed by atoms with Gasteiger partial charge in [-0.1, -0.05) is 41.9 Å². The standard InChI is InChI=1S/C15H15ClN2OS/c1-11(20-10-12-5-3-2-4-6-12)15(19)18-14-8-7-13(16)9-17-14/h2-9,11H,10H2,1H3,(H,17,18,19). The summed E-state index contributed by atoms with van der Waals surface area (Å²) in [6, 6.07) is 13.5. The van der Waals surface area contributed by atoms with Crippen molar-refractivity contribution in [3.05, 3.63) is 59.2 Å². The SMILES string of the molecule is CC(SCc1ccccc1)C(=O)Nc1ccc(Cl)cn1. The highest BCUT2D eigenvalue weighted by molar-refractivity contribution is 7.99. The van der Waals surface area contributed by atoms with Crippen molar-refractivity contribution in [2.24, 2.45) is 0 Å². The maximum Gasteiger partial charge on any atom is 0.238 e. The molecule has 0 saturated carbocycles. The monoisotopic (exact) mass is 306 g/mol. The van der Waals surface area contributed by atoms with Gasteiger partial charge in [-0.3, -0.25) is 4.79 Å². The fourth-order valence-electron chi connectivity index (χ4n) is 1.55. The van der Waals surface area contributed by atoms with Gasteiger partial charge >= 0.3 is 0 Å². The van der Waals surface area contributed by atoms with Crippen LogP contribution in [0.15, 0.2) is 48.7 Å². The fraction of sp³-hybridized carbons (Fsp3) is 0.200. The lowest BCUT2D eigenvalue weighted by Gasteiger charge is -2.11. The van der Waals surface area contributed by atoms with Gasteiger partial charge in [-0.25, -0.2) is 4.98 Å². The van der Waals surface area contributed by atoms with E-state index in [-0.39, 0.29) is 11.2 Å². The smallest absolute Gasteiger partial charge is 0.238 e. The average Bonchev–Trinajstić information content (AvgIpc) is 2.48. The molecule has 2 aromatic rings. The highest BCUT2D eigenvalue weighted by Gasteiger charge is 2.14. The highest BCUT2D eigenvalue weighted by Crippen LogP contribution is 2.19. The van der Waals surface area contributed by atoms with Gasteiger partial charge in [0.1, 0.15) is 5.82 Å². The summed E-state index contributed by atoms with van der Waals surface area (Å²) >= 11 is 7.34. The number of pyridine rings is 1. The summed E-state index contributed by atoms with van der Waals surface area (Å²) in [6.07, 6.45) is 1.51. The molecule has 0 aliphatic heterocycles. The molecule has 0 saturated heterocycles. The van der Waals surface area contributed by atoms with E-state index < -0.39 is 0 Å². The van der Waals surface area contributed by atoms with E-state index in [9.17, 15) is 4.79 Å². The number of hydrogen-bond donors (Lipinski definition) is 1. The number of rotatable bonds is 5. The number of aromatic nitrogens is 1. The van der Waals surface area contributed by atoms with Crippen molar-refractivity contribution < 1.29 is 4.79 Å². The van der Waals surface area contributed by atoms with Crippen LogP contribution in [0, 0.1) is 0 Å². The van der Waals surface area contributed by atoms with Crippen LogP contribution in [0.2, 0.25) is 5.02 Å². The third-order valence-corrected chi connectivity index (χ3v) is 4.13. The maximum absolute atomic E-state index is 12.0. The zero-order valence-corrected chi connectivity index (χ0v) is 12.6. The van der Waals surface area contributed by atoms with Gasteiger partial charge in [-0.2, -0.15) is 0 Å². The molecule has 0 fully saturated rings. The van der Waals surface area contributed by atoms with Crippen LogP contribution in [0.5, 0.6) is 0 Å². The van der Waals surface area contributed by atoms with E-state index in [0.717, 1.165) is 5.75 Å². The average molecular weight is 307 g/mol. The van der Waals surface area contributed by atoms with Crippen LogP contribution in [0.3, 0.4) is 0 Å². The van der Waals surface area contributed by atoms with Crippen molar-refractivity contribution in [3.8, 4) is 0 Å². The van der Waals surface area contributed by atoms with Crippen LogP contribution in [0.25, 0.3) is 0 Å². The molecular formula is C15H15ClN2OS. The summed E-state index contributed by atoms with van der Waals surface area (Å²) in [5.41, 5.74) is 1.21. The number of nitrogens with one attached hydrogen (secondary N) is 1. The van der Waals surface area contributed by atoms with Crippen molar-refractivity contribution in [2.75, 3.05) is 5.32 Å².